The van der Waals surface area contributed by atoms with Crippen molar-refractivity contribution in [3.63, 3.8) is 0 Å². The van der Waals surface area contributed by atoms with E-state index in [-0.39, 0.29) is 0 Å². The Labute approximate surface area is 220 Å². The molecule has 5 aromatic rings. The Bertz CT molecular complexity index is 1620. The van der Waals surface area contributed by atoms with Crippen molar-refractivity contribution in [2.45, 2.75) is 64.2 Å². The number of aromatic nitrogens is 1. The molecule has 2 heteroatoms. The standard InChI is InChI=1S/C35H36NO/c1-23-20-21-31-30-18-10-17-29(34(30)37-35(31)33(23)32-19-6-7-22-36(32)2)28-16-9-14-26-25(13-8-15-27(26)28)24-11-4-3-5-12-24/h6-7,9-10,14,16-22,24-25H,3-5,8,11-13,15H2,1-2H3/q+1. The van der Waals surface area contributed by atoms with Gasteiger partial charge < -0.3 is 4.42 Å². The molecule has 0 N–H and O–H groups in total. The van der Waals surface area contributed by atoms with Gasteiger partial charge in [-0.1, -0.05) is 67.8 Å². The molecule has 2 aliphatic rings. The molecule has 0 radical (unpaired) electrons. The van der Waals surface area contributed by atoms with Crippen LogP contribution in [0.15, 0.2) is 77.3 Å². The lowest BCUT2D eigenvalue weighted by molar-refractivity contribution is -0.660. The summed E-state index contributed by atoms with van der Waals surface area (Å²) in [5.74, 6) is 1.59. The molecular weight excluding hydrogens is 450 g/mol. The normalized spacial score (nSPS) is 18.4. The van der Waals surface area contributed by atoms with E-state index in [0.29, 0.717) is 0 Å². The molecule has 1 atom stereocenters. The van der Waals surface area contributed by atoms with E-state index in [9.17, 15) is 0 Å². The molecule has 2 aliphatic carbocycles. The number of hydrogen-bond acceptors (Lipinski definition) is 1. The molecule has 0 bridgehead atoms. The van der Waals surface area contributed by atoms with Crippen LogP contribution in [0.2, 0.25) is 0 Å². The zero-order valence-corrected chi connectivity index (χ0v) is 22.1. The molecule has 0 spiro atoms. The second-order valence-electron chi connectivity index (χ2n) is 11.4. The lowest BCUT2D eigenvalue weighted by Crippen LogP contribution is -2.30. The largest absolute Gasteiger partial charge is 0.454 e. The van der Waals surface area contributed by atoms with Crippen LogP contribution in [0, 0.1) is 12.8 Å². The fraction of sp³-hybridized carbons (Fsp3) is 0.343. The number of aryl methyl sites for hydroxylation is 2. The molecule has 186 valence electrons. The van der Waals surface area contributed by atoms with Crippen LogP contribution in [0.4, 0.5) is 0 Å². The third-order valence-corrected chi connectivity index (χ3v) is 9.25. The third kappa shape index (κ3) is 3.72. The number of hydrogen-bond donors (Lipinski definition) is 0. The van der Waals surface area contributed by atoms with Gasteiger partial charge in [-0.15, -0.1) is 0 Å². The van der Waals surface area contributed by atoms with E-state index in [1.165, 1.54) is 90.1 Å². The maximum absolute atomic E-state index is 6.88. The quantitative estimate of drug-likeness (QED) is 0.232. The van der Waals surface area contributed by atoms with Gasteiger partial charge in [-0.3, -0.25) is 0 Å². The molecule has 0 saturated heterocycles. The van der Waals surface area contributed by atoms with Gasteiger partial charge in [-0.25, -0.2) is 4.57 Å². The van der Waals surface area contributed by atoms with E-state index < -0.39 is 0 Å². The van der Waals surface area contributed by atoms with Crippen molar-refractivity contribution in [2.24, 2.45) is 13.0 Å². The van der Waals surface area contributed by atoms with Crippen molar-refractivity contribution in [1.82, 2.24) is 0 Å². The minimum atomic E-state index is 0.728. The van der Waals surface area contributed by atoms with E-state index in [1.54, 1.807) is 11.1 Å². The molecule has 1 unspecified atom stereocenters. The number of nitrogens with zero attached hydrogens (tertiary/aromatic N) is 1. The molecule has 2 heterocycles. The summed E-state index contributed by atoms with van der Waals surface area (Å²) in [6.45, 7) is 2.19. The minimum absolute atomic E-state index is 0.728. The topological polar surface area (TPSA) is 17.0 Å². The highest BCUT2D eigenvalue weighted by Gasteiger charge is 2.30. The number of furan rings is 1. The number of pyridine rings is 1. The lowest BCUT2D eigenvalue weighted by atomic mass is 9.69. The van der Waals surface area contributed by atoms with Gasteiger partial charge in [0.2, 0.25) is 5.69 Å². The third-order valence-electron chi connectivity index (χ3n) is 9.25. The van der Waals surface area contributed by atoms with Gasteiger partial charge in [-0.05, 0) is 79.2 Å². The van der Waals surface area contributed by atoms with E-state index in [4.69, 9.17) is 4.42 Å². The first-order valence-electron chi connectivity index (χ1n) is 14.2. The van der Waals surface area contributed by atoms with Crippen LogP contribution in [0.25, 0.3) is 44.3 Å². The molecule has 37 heavy (non-hydrogen) atoms. The van der Waals surface area contributed by atoms with Crippen LogP contribution in [-0.4, -0.2) is 0 Å². The summed E-state index contributed by atoms with van der Waals surface area (Å²) in [6, 6.07) is 24.7. The molecule has 1 saturated carbocycles. The van der Waals surface area contributed by atoms with E-state index in [2.05, 4.69) is 91.5 Å². The highest BCUT2D eigenvalue weighted by molar-refractivity contribution is 6.13. The van der Waals surface area contributed by atoms with Crippen LogP contribution >= 0.6 is 0 Å². The zero-order valence-electron chi connectivity index (χ0n) is 22.1. The smallest absolute Gasteiger partial charge is 0.216 e. The van der Waals surface area contributed by atoms with Gasteiger partial charge in [0.25, 0.3) is 0 Å². The molecule has 2 aromatic heterocycles. The molecule has 1 fully saturated rings. The average molecular weight is 487 g/mol. The fourth-order valence-electron chi connectivity index (χ4n) is 7.44. The Kier molecular flexibility index (Phi) is 5.65. The molecular formula is C35H36NO+. The van der Waals surface area contributed by atoms with E-state index in [1.807, 2.05) is 0 Å². The van der Waals surface area contributed by atoms with Crippen molar-refractivity contribution in [3.05, 3.63) is 89.6 Å². The van der Waals surface area contributed by atoms with Crippen LogP contribution in [0.5, 0.6) is 0 Å². The molecule has 3 aromatic carbocycles. The van der Waals surface area contributed by atoms with Crippen molar-refractivity contribution >= 4 is 21.9 Å². The number of fused-ring (bicyclic) bond motifs is 4. The van der Waals surface area contributed by atoms with E-state index in [0.717, 1.165) is 23.0 Å². The van der Waals surface area contributed by atoms with Gasteiger partial charge in [0.05, 0.1) is 5.56 Å². The zero-order chi connectivity index (χ0) is 24.9. The maximum atomic E-state index is 6.88. The van der Waals surface area contributed by atoms with Crippen LogP contribution < -0.4 is 4.57 Å². The number of para-hydroxylation sites is 1. The summed E-state index contributed by atoms with van der Waals surface area (Å²) in [6.07, 6.45) is 13.0. The summed E-state index contributed by atoms with van der Waals surface area (Å²) in [5.41, 5.74) is 11.4. The summed E-state index contributed by atoms with van der Waals surface area (Å²) >= 11 is 0. The second-order valence-corrected chi connectivity index (χ2v) is 11.4. The minimum Gasteiger partial charge on any atom is -0.454 e. The van der Waals surface area contributed by atoms with Gasteiger partial charge in [0, 0.05) is 28.5 Å². The summed E-state index contributed by atoms with van der Waals surface area (Å²) in [5, 5.41) is 2.41. The predicted octanol–water partition coefficient (Wildman–Crippen LogP) is 9.05. The second kappa shape index (κ2) is 9.17. The number of benzene rings is 3. The predicted molar refractivity (Wildman–Crippen MR) is 153 cm³/mol. The van der Waals surface area contributed by atoms with Crippen LogP contribution in [-0.2, 0) is 13.5 Å². The van der Waals surface area contributed by atoms with Crippen LogP contribution in [0.3, 0.4) is 0 Å². The summed E-state index contributed by atoms with van der Waals surface area (Å²) in [4.78, 5) is 0. The van der Waals surface area contributed by atoms with Crippen molar-refractivity contribution in [2.75, 3.05) is 0 Å². The van der Waals surface area contributed by atoms with Crippen LogP contribution in [0.1, 0.15) is 67.6 Å². The SMILES string of the molecule is Cc1ccc2c(oc3c(-c4cccc5c4CCCC5C4CCCCC4)cccc32)c1-c1cccc[n+]1C. The molecule has 0 amide bonds. The lowest BCUT2D eigenvalue weighted by Gasteiger charge is -2.35. The fourth-order valence-corrected chi connectivity index (χ4v) is 7.44. The average Bonchev–Trinajstić information content (AvgIpc) is 3.32. The molecule has 0 aliphatic heterocycles. The van der Waals surface area contributed by atoms with Crippen molar-refractivity contribution in [1.29, 1.82) is 0 Å². The monoisotopic (exact) mass is 486 g/mol. The van der Waals surface area contributed by atoms with Crippen molar-refractivity contribution < 1.29 is 8.98 Å². The summed E-state index contributed by atoms with van der Waals surface area (Å²) < 4.78 is 9.07. The van der Waals surface area contributed by atoms with Gasteiger partial charge in [0.15, 0.2) is 6.20 Å². The first-order chi connectivity index (χ1) is 18.2. The molecule has 7 rings (SSSR count). The Balaban J connectivity index is 1.43. The Morgan fingerprint density at radius 3 is 2.41 bits per heavy atom. The van der Waals surface area contributed by atoms with Gasteiger partial charge in [0.1, 0.15) is 18.2 Å². The maximum Gasteiger partial charge on any atom is 0.216 e. The highest BCUT2D eigenvalue weighted by atomic mass is 16.3. The Hall–Kier alpha value is -3.39. The van der Waals surface area contributed by atoms with E-state index >= 15 is 0 Å². The highest BCUT2D eigenvalue weighted by Crippen LogP contribution is 2.47. The summed E-state index contributed by atoms with van der Waals surface area (Å²) in [7, 11) is 2.11. The first-order valence-corrected chi connectivity index (χ1v) is 14.2. The Morgan fingerprint density at radius 1 is 0.730 bits per heavy atom. The molecule has 2 nitrogen and oxygen atoms in total. The first kappa shape index (κ1) is 22.8. The van der Waals surface area contributed by atoms with Crippen molar-refractivity contribution in [3.8, 4) is 22.4 Å². The number of rotatable bonds is 3. The van der Waals surface area contributed by atoms with Gasteiger partial charge in [-0.2, -0.15) is 0 Å². The Morgan fingerprint density at radius 2 is 1.54 bits per heavy atom. The van der Waals surface area contributed by atoms with Gasteiger partial charge >= 0.3 is 0 Å².